The van der Waals surface area contributed by atoms with Gasteiger partial charge in [0.1, 0.15) is 0 Å². The van der Waals surface area contributed by atoms with Crippen LogP contribution in [-0.4, -0.2) is 25.4 Å². The fourth-order valence-corrected chi connectivity index (χ4v) is 7.38. The van der Waals surface area contributed by atoms with E-state index in [2.05, 4.69) is 83.1 Å². The van der Waals surface area contributed by atoms with Crippen LogP contribution in [-0.2, 0) is 9.47 Å². The smallest absolute Gasteiger partial charge is 0.0667 e. The highest BCUT2D eigenvalue weighted by atomic mass is 16.5. The highest BCUT2D eigenvalue weighted by molar-refractivity contribution is 5.08. The van der Waals surface area contributed by atoms with Gasteiger partial charge in [0.05, 0.1) is 12.2 Å². The molecule has 6 atom stereocenters. The summed E-state index contributed by atoms with van der Waals surface area (Å²) in [5, 5.41) is 0. The lowest BCUT2D eigenvalue weighted by Crippen LogP contribution is -2.49. The van der Waals surface area contributed by atoms with E-state index < -0.39 is 0 Å². The van der Waals surface area contributed by atoms with Gasteiger partial charge >= 0.3 is 0 Å². The fourth-order valence-electron chi connectivity index (χ4n) is 7.38. The molecule has 3 aliphatic rings. The van der Waals surface area contributed by atoms with E-state index >= 15 is 0 Å². The van der Waals surface area contributed by atoms with Crippen LogP contribution in [0.3, 0.4) is 0 Å². The summed E-state index contributed by atoms with van der Waals surface area (Å²) < 4.78 is 13.3. The summed E-state index contributed by atoms with van der Waals surface area (Å²) in [7, 11) is 0. The van der Waals surface area contributed by atoms with Crippen LogP contribution in [0.15, 0.2) is 0 Å². The Balaban J connectivity index is 1.91. The molecule has 6 unspecified atom stereocenters. The third-order valence-electron chi connectivity index (χ3n) is 11.6. The first-order chi connectivity index (χ1) is 14.4. The van der Waals surface area contributed by atoms with Gasteiger partial charge in [0, 0.05) is 13.2 Å². The minimum absolute atomic E-state index is 0.201. The van der Waals surface area contributed by atoms with E-state index in [1.54, 1.807) is 0 Å². The second kappa shape index (κ2) is 8.25. The Bertz CT molecular complexity index is 663. The van der Waals surface area contributed by atoms with Gasteiger partial charge in [-0.3, -0.25) is 0 Å². The van der Waals surface area contributed by atoms with E-state index in [-0.39, 0.29) is 27.1 Å². The molecule has 0 spiro atoms. The van der Waals surface area contributed by atoms with Crippen LogP contribution in [0.2, 0.25) is 0 Å². The second-order valence-electron chi connectivity index (χ2n) is 15.7. The molecule has 0 N–H and O–H groups in total. The zero-order valence-corrected chi connectivity index (χ0v) is 23.8. The molecule has 0 aromatic heterocycles. The third kappa shape index (κ3) is 4.34. The number of hydrogen-bond donors (Lipinski definition) is 0. The highest BCUT2D eigenvalue weighted by Gasteiger charge is 2.58. The molecule has 0 aromatic carbocycles. The monoisotopic (exact) mass is 448 g/mol. The molecule has 3 fully saturated rings. The van der Waals surface area contributed by atoms with Crippen molar-refractivity contribution < 1.29 is 9.47 Å². The van der Waals surface area contributed by atoms with Crippen molar-refractivity contribution in [2.24, 2.45) is 44.3 Å². The van der Waals surface area contributed by atoms with Gasteiger partial charge in [-0.1, -0.05) is 83.1 Å². The quantitative estimate of drug-likeness (QED) is 0.403. The Morgan fingerprint density at radius 3 is 1.66 bits per heavy atom. The first kappa shape index (κ1) is 26.5. The van der Waals surface area contributed by atoms with E-state index in [4.69, 9.17) is 9.47 Å². The lowest BCUT2D eigenvalue weighted by atomic mass is 9.56. The molecule has 0 radical (unpaired) electrons. The van der Waals surface area contributed by atoms with Gasteiger partial charge in [0.25, 0.3) is 0 Å². The molecule has 32 heavy (non-hydrogen) atoms. The summed E-state index contributed by atoms with van der Waals surface area (Å²) in [4.78, 5) is 0. The molecule has 1 aliphatic carbocycles. The van der Waals surface area contributed by atoms with Crippen LogP contribution >= 0.6 is 0 Å². The minimum Gasteiger partial charge on any atom is -0.377 e. The number of hydrogen-bond acceptors (Lipinski definition) is 2. The van der Waals surface area contributed by atoms with Gasteiger partial charge < -0.3 is 9.47 Å². The molecule has 0 aromatic rings. The van der Waals surface area contributed by atoms with Crippen LogP contribution in [0.5, 0.6) is 0 Å². The number of rotatable bonds is 3. The maximum absolute atomic E-state index is 6.65. The topological polar surface area (TPSA) is 18.5 Å². The van der Waals surface area contributed by atoms with Crippen LogP contribution in [0, 0.1) is 44.3 Å². The Kier molecular flexibility index (Phi) is 6.84. The largest absolute Gasteiger partial charge is 0.377 e. The minimum atomic E-state index is 0.201. The zero-order chi connectivity index (χ0) is 24.4. The van der Waals surface area contributed by atoms with Gasteiger partial charge in [-0.25, -0.2) is 0 Å². The lowest BCUT2D eigenvalue weighted by Gasteiger charge is -2.51. The zero-order valence-electron chi connectivity index (χ0n) is 23.8. The van der Waals surface area contributed by atoms with Crippen molar-refractivity contribution in [3.05, 3.63) is 0 Å². The standard InChI is InChI=1S/C30H56O2/c1-25(2,3)21-13-19-32-24(21)30(12)18-17-29(11,16-15-27(30,7)8)23-22(14-20-31-23)28(9,10)26(4,5)6/h21-24H,13-20H2,1-12H3. The predicted octanol–water partition coefficient (Wildman–Crippen LogP) is 8.53. The molecule has 3 rings (SSSR count). The highest BCUT2D eigenvalue weighted by Crippen LogP contribution is 2.62. The van der Waals surface area contributed by atoms with Crippen molar-refractivity contribution in [3.63, 3.8) is 0 Å². The Morgan fingerprint density at radius 1 is 0.625 bits per heavy atom. The third-order valence-corrected chi connectivity index (χ3v) is 11.6. The van der Waals surface area contributed by atoms with Crippen LogP contribution in [0.4, 0.5) is 0 Å². The van der Waals surface area contributed by atoms with Crippen molar-refractivity contribution in [1.82, 2.24) is 0 Å². The first-order valence-electron chi connectivity index (χ1n) is 13.6. The van der Waals surface area contributed by atoms with E-state index in [9.17, 15) is 0 Å². The summed E-state index contributed by atoms with van der Waals surface area (Å²) >= 11 is 0. The Hall–Kier alpha value is -0.0800. The Labute approximate surface area is 201 Å². The molecule has 188 valence electrons. The second-order valence-corrected chi connectivity index (χ2v) is 15.7. The van der Waals surface area contributed by atoms with Gasteiger partial charge in [-0.2, -0.15) is 0 Å². The number of ether oxygens (including phenoxy) is 2. The summed E-state index contributed by atoms with van der Waals surface area (Å²) in [5.74, 6) is 1.27. The SMILES string of the molecule is CC(C)(C)C1CCOC1C1(C)CCC(C)(C2OCCC2C(C)(C)C(C)(C)C)CCC1(C)C. The maximum Gasteiger partial charge on any atom is 0.0667 e. The van der Waals surface area contributed by atoms with Crippen molar-refractivity contribution in [1.29, 1.82) is 0 Å². The van der Waals surface area contributed by atoms with Crippen LogP contribution in [0.1, 0.15) is 122 Å². The lowest BCUT2D eigenvalue weighted by molar-refractivity contribution is -0.100. The van der Waals surface area contributed by atoms with Gasteiger partial charge in [0.2, 0.25) is 0 Å². The van der Waals surface area contributed by atoms with Gasteiger partial charge in [-0.05, 0) is 82.9 Å². The normalized spacial score (nSPS) is 41.6. The molecule has 0 amide bonds. The summed E-state index contributed by atoms with van der Waals surface area (Å²) in [6.45, 7) is 31.6. The maximum atomic E-state index is 6.65. The molecule has 1 saturated carbocycles. The van der Waals surface area contributed by atoms with E-state index in [0.29, 0.717) is 29.5 Å². The van der Waals surface area contributed by atoms with Crippen molar-refractivity contribution >= 4 is 0 Å². The summed E-state index contributed by atoms with van der Waals surface area (Å²) in [6, 6.07) is 0. The first-order valence-corrected chi connectivity index (χ1v) is 13.6. The molecule has 2 aliphatic heterocycles. The molecular weight excluding hydrogens is 392 g/mol. The van der Waals surface area contributed by atoms with E-state index in [1.807, 2.05) is 0 Å². The molecular formula is C30H56O2. The molecule has 2 saturated heterocycles. The van der Waals surface area contributed by atoms with Crippen molar-refractivity contribution in [3.8, 4) is 0 Å². The van der Waals surface area contributed by atoms with E-state index in [1.165, 1.54) is 38.5 Å². The van der Waals surface area contributed by atoms with Gasteiger partial charge in [-0.15, -0.1) is 0 Å². The van der Waals surface area contributed by atoms with Crippen LogP contribution < -0.4 is 0 Å². The molecule has 2 nitrogen and oxygen atoms in total. The van der Waals surface area contributed by atoms with Crippen molar-refractivity contribution in [2.45, 2.75) is 134 Å². The predicted molar refractivity (Wildman–Crippen MR) is 137 cm³/mol. The average Bonchev–Trinajstić information content (AvgIpc) is 3.31. The van der Waals surface area contributed by atoms with E-state index in [0.717, 1.165) is 13.2 Å². The van der Waals surface area contributed by atoms with Crippen LogP contribution in [0.25, 0.3) is 0 Å². The molecule has 2 heterocycles. The van der Waals surface area contributed by atoms with Gasteiger partial charge in [0.15, 0.2) is 0 Å². The fraction of sp³-hybridized carbons (Fsp3) is 1.00. The molecule has 2 heteroatoms. The summed E-state index contributed by atoms with van der Waals surface area (Å²) in [5.41, 5.74) is 1.54. The Morgan fingerprint density at radius 2 is 1.12 bits per heavy atom. The summed E-state index contributed by atoms with van der Waals surface area (Å²) in [6.07, 6.45) is 8.20. The average molecular weight is 449 g/mol. The van der Waals surface area contributed by atoms with Crippen molar-refractivity contribution in [2.75, 3.05) is 13.2 Å². The molecule has 0 bridgehead atoms.